The van der Waals surface area contributed by atoms with Crippen molar-refractivity contribution in [1.29, 1.82) is 0 Å². The van der Waals surface area contributed by atoms with E-state index in [2.05, 4.69) is 22.3 Å². The molecule has 0 radical (unpaired) electrons. The fraction of sp³-hybridized carbons (Fsp3) is 0.862. The van der Waals surface area contributed by atoms with E-state index in [1.165, 1.54) is 76.0 Å². The molecule has 0 aliphatic rings. The highest BCUT2D eigenvalue weighted by molar-refractivity contribution is 7.99. The zero-order chi connectivity index (χ0) is 29.1. The molecule has 0 fully saturated rings. The molecule has 0 aromatic heterocycles. The maximum atomic E-state index is 12.6. The molecule has 0 aliphatic carbocycles. The molecule has 0 aromatic rings. The van der Waals surface area contributed by atoms with Gasteiger partial charge in [-0.15, -0.1) is 0 Å². The summed E-state index contributed by atoms with van der Waals surface area (Å²) in [5.74, 6) is -1.15. The van der Waals surface area contributed by atoms with E-state index < -0.39 is 30.6 Å². The van der Waals surface area contributed by atoms with Crippen molar-refractivity contribution in [2.45, 2.75) is 129 Å². The van der Waals surface area contributed by atoms with Crippen molar-refractivity contribution in [2.24, 2.45) is 0 Å². The zero-order valence-electron chi connectivity index (χ0n) is 24.6. The zero-order valence-corrected chi connectivity index (χ0v) is 25.4. The Kier molecular flexibility index (Phi) is 25.2. The Hall–Kier alpha value is -1.81. The molecule has 0 rings (SSSR count). The molecule has 3 N–H and O–H groups in total. The van der Waals surface area contributed by atoms with Gasteiger partial charge in [0, 0.05) is 24.3 Å². The Bertz CT molecular complexity index is 664. The van der Waals surface area contributed by atoms with E-state index in [0.717, 1.165) is 26.4 Å². The van der Waals surface area contributed by atoms with Gasteiger partial charge >= 0.3 is 11.9 Å². The molecule has 2 atom stereocenters. The van der Waals surface area contributed by atoms with Crippen molar-refractivity contribution in [3.63, 3.8) is 0 Å². The van der Waals surface area contributed by atoms with Crippen molar-refractivity contribution in [2.75, 3.05) is 31.8 Å². The highest BCUT2D eigenvalue weighted by atomic mass is 32.2. The number of nitrogens with one attached hydrogen (secondary N) is 2. The standard InChI is InChI=1S/C29H54N2O7S/c1-4-6-7-8-9-10-11-12-13-14-15-16-17-19-27(34)38-20-21-39-23-25(30-26(33)18-5-2)28(35)31-24(22-32)29(36)37-3/h24-25,32H,4-23H2,1-3H3,(H,30,33)(H,31,35)/t24-,25+/m0/s1. The van der Waals surface area contributed by atoms with E-state index in [9.17, 15) is 24.3 Å². The average molecular weight is 575 g/mol. The molecule has 2 amide bonds. The summed E-state index contributed by atoms with van der Waals surface area (Å²) in [7, 11) is 1.16. The maximum absolute atomic E-state index is 12.6. The largest absolute Gasteiger partial charge is 0.467 e. The third-order valence-corrected chi connectivity index (χ3v) is 7.40. The van der Waals surface area contributed by atoms with E-state index in [4.69, 9.17) is 4.74 Å². The number of ether oxygens (including phenoxy) is 2. The number of thioether (sulfide) groups is 1. The molecule has 228 valence electrons. The van der Waals surface area contributed by atoms with Crippen LogP contribution in [0.15, 0.2) is 0 Å². The molecule has 0 aliphatic heterocycles. The van der Waals surface area contributed by atoms with Gasteiger partial charge < -0.3 is 25.2 Å². The Morgan fingerprint density at radius 2 is 1.31 bits per heavy atom. The number of carbonyl (C=O) groups excluding carboxylic acids is 4. The average Bonchev–Trinajstić information content (AvgIpc) is 2.92. The van der Waals surface area contributed by atoms with Crippen LogP contribution in [0, 0.1) is 0 Å². The summed E-state index contributed by atoms with van der Waals surface area (Å²) in [6.45, 7) is 3.71. The van der Waals surface area contributed by atoms with Crippen LogP contribution in [0.2, 0.25) is 0 Å². The second kappa shape index (κ2) is 26.4. The number of methoxy groups -OCH3 is 1. The fourth-order valence-corrected chi connectivity index (χ4v) is 4.88. The summed E-state index contributed by atoms with van der Waals surface area (Å²) < 4.78 is 9.86. The van der Waals surface area contributed by atoms with Crippen LogP contribution in [0.1, 0.15) is 117 Å². The van der Waals surface area contributed by atoms with Crippen LogP contribution in [0.25, 0.3) is 0 Å². The first-order valence-corrected chi connectivity index (χ1v) is 16.1. The predicted molar refractivity (Wildman–Crippen MR) is 156 cm³/mol. The monoisotopic (exact) mass is 574 g/mol. The first-order valence-electron chi connectivity index (χ1n) is 14.9. The lowest BCUT2D eigenvalue weighted by Gasteiger charge is -2.21. The van der Waals surface area contributed by atoms with Crippen LogP contribution >= 0.6 is 11.8 Å². The molecule has 0 bridgehead atoms. The van der Waals surface area contributed by atoms with Gasteiger partial charge in [-0.05, 0) is 12.8 Å². The molecule has 9 nitrogen and oxygen atoms in total. The Balaban J connectivity index is 4.02. The third kappa shape index (κ3) is 21.7. The number of esters is 2. The molecule has 0 heterocycles. The number of hydrogen-bond donors (Lipinski definition) is 3. The topological polar surface area (TPSA) is 131 Å². The van der Waals surface area contributed by atoms with Crippen LogP contribution in [-0.4, -0.2) is 72.8 Å². The Morgan fingerprint density at radius 1 is 0.744 bits per heavy atom. The summed E-state index contributed by atoms with van der Waals surface area (Å²) in [4.78, 5) is 48.3. The van der Waals surface area contributed by atoms with Crippen LogP contribution in [0.3, 0.4) is 0 Å². The second-order valence-electron chi connectivity index (χ2n) is 9.93. The third-order valence-electron chi connectivity index (χ3n) is 6.37. The van der Waals surface area contributed by atoms with Crippen molar-refractivity contribution < 1.29 is 33.8 Å². The van der Waals surface area contributed by atoms with Gasteiger partial charge in [0.25, 0.3) is 0 Å². The SMILES string of the molecule is CCCCCCCCCCCCCCCC(=O)OCCSC[C@@H](NC(=O)CCC)C(=O)N[C@@H](CO)C(=O)OC. The van der Waals surface area contributed by atoms with E-state index in [-0.39, 0.29) is 30.7 Å². The van der Waals surface area contributed by atoms with Gasteiger partial charge in [-0.1, -0.05) is 90.9 Å². The summed E-state index contributed by atoms with van der Waals surface area (Å²) in [6.07, 6.45) is 17.6. The molecule has 0 aromatic carbocycles. The predicted octanol–water partition coefficient (Wildman–Crippen LogP) is 4.68. The molecular weight excluding hydrogens is 520 g/mol. The summed E-state index contributed by atoms with van der Waals surface area (Å²) in [5, 5.41) is 14.4. The van der Waals surface area contributed by atoms with E-state index >= 15 is 0 Å². The van der Waals surface area contributed by atoms with E-state index in [0.29, 0.717) is 18.6 Å². The second-order valence-corrected chi connectivity index (χ2v) is 11.1. The Morgan fingerprint density at radius 3 is 1.82 bits per heavy atom. The minimum atomic E-state index is -1.20. The molecule has 10 heteroatoms. The molecular formula is C29H54N2O7S. The Labute approximate surface area is 240 Å². The van der Waals surface area contributed by atoms with Crippen LogP contribution in [0.5, 0.6) is 0 Å². The summed E-state index contributed by atoms with van der Waals surface area (Å²) in [5.41, 5.74) is 0. The van der Waals surface area contributed by atoms with Crippen LogP contribution in [-0.2, 0) is 28.7 Å². The number of hydrogen-bond acceptors (Lipinski definition) is 8. The van der Waals surface area contributed by atoms with Gasteiger partial charge in [-0.2, -0.15) is 11.8 Å². The molecule has 0 unspecified atom stereocenters. The smallest absolute Gasteiger partial charge is 0.330 e. The lowest BCUT2D eigenvalue weighted by atomic mass is 10.0. The molecule has 0 saturated heterocycles. The highest BCUT2D eigenvalue weighted by Gasteiger charge is 2.26. The molecule has 0 spiro atoms. The van der Waals surface area contributed by atoms with Gasteiger partial charge in [0.2, 0.25) is 11.8 Å². The normalized spacial score (nSPS) is 12.4. The van der Waals surface area contributed by atoms with Gasteiger partial charge in [0.05, 0.1) is 13.7 Å². The van der Waals surface area contributed by atoms with Crippen molar-refractivity contribution in [3.8, 4) is 0 Å². The van der Waals surface area contributed by atoms with Gasteiger partial charge in [0.15, 0.2) is 6.04 Å². The number of aliphatic hydroxyl groups excluding tert-OH is 1. The van der Waals surface area contributed by atoms with E-state index in [1.807, 2.05) is 6.92 Å². The molecule has 39 heavy (non-hydrogen) atoms. The van der Waals surface area contributed by atoms with Crippen molar-refractivity contribution in [1.82, 2.24) is 10.6 Å². The lowest BCUT2D eigenvalue weighted by Crippen LogP contribution is -2.54. The van der Waals surface area contributed by atoms with Crippen molar-refractivity contribution >= 4 is 35.5 Å². The quantitative estimate of drug-likeness (QED) is 0.100. The lowest BCUT2D eigenvalue weighted by molar-refractivity contribution is -0.146. The molecule has 0 saturated carbocycles. The van der Waals surface area contributed by atoms with Crippen molar-refractivity contribution in [3.05, 3.63) is 0 Å². The van der Waals surface area contributed by atoms with Crippen LogP contribution in [0.4, 0.5) is 0 Å². The number of unbranched alkanes of at least 4 members (excludes halogenated alkanes) is 12. The summed E-state index contributed by atoms with van der Waals surface area (Å²) in [6, 6.07) is -2.10. The number of carbonyl (C=O) groups is 4. The number of aliphatic hydroxyl groups is 1. The highest BCUT2D eigenvalue weighted by Crippen LogP contribution is 2.13. The minimum absolute atomic E-state index is 0.215. The number of amides is 2. The van der Waals surface area contributed by atoms with Crippen LogP contribution < -0.4 is 10.6 Å². The van der Waals surface area contributed by atoms with Gasteiger partial charge in [0.1, 0.15) is 12.6 Å². The minimum Gasteiger partial charge on any atom is -0.467 e. The number of rotatable bonds is 26. The van der Waals surface area contributed by atoms with Gasteiger partial charge in [-0.3, -0.25) is 14.4 Å². The summed E-state index contributed by atoms with van der Waals surface area (Å²) >= 11 is 1.36. The van der Waals surface area contributed by atoms with Gasteiger partial charge in [-0.25, -0.2) is 4.79 Å². The first-order chi connectivity index (χ1) is 18.9. The maximum Gasteiger partial charge on any atom is 0.330 e. The fourth-order valence-electron chi connectivity index (χ4n) is 4.05. The van der Waals surface area contributed by atoms with E-state index in [1.54, 1.807) is 0 Å². The first kappa shape index (κ1) is 37.2.